The normalized spacial score (nSPS) is 14.2. The molecule has 0 fully saturated rings. The SMILES string of the molecule is O=C(Nc1cccc(SC2=C(Nc3ccccc3)C(=O)N(Cc3ccco3)C2=O)c1)c1ccc2c(c1)OCO2. The van der Waals surface area contributed by atoms with E-state index in [1.54, 1.807) is 54.6 Å². The molecule has 0 atom stereocenters. The maximum atomic E-state index is 13.4. The molecule has 0 spiro atoms. The first-order valence-electron chi connectivity index (χ1n) is 12.0. The van der Waals surface area contributed by atoms with Crippen molar-refractivity contribution in [2.75, 3.05) is 17.4 Å². The molecule has 9 nitrogen and oxygen atoms in total. The largest absolute Gasteiger partial charge is 0.467 e. The van der Waals surface area contributed by atoms with E-state index in [0.29, 0.717) is 39.1 Å². The van der Waals surface area contributed by atoms with E-state index >= 15 is 0 Å². The second-order valence-electron chi connectivity index (χ2n) is 8.62. The van der Waals surface area contributed by atoms with Crippen molar-refractivity contribution >= 4 is 40.9 Å². The van der Waals surface area contributed by atoms with Crippen LogP contribution < -0.4 is 20.1 Å². The molecular weight excluding hydrogens is 518 g/mol. The molecule has 1 aromatic heterocycles. The average Bonchev–Trinajstić information content (AvgIpc) is 3.69. The van der Waals surface area contributed by atoms with Gasteiger partial charge in [-0.25, -0.2) is 0 Å². The molecule has 0 saturated heterocycles. The smallest absolute Gasteiger partial charge is 0.278 e. The van der Waals surface area contributed by atoms with Gasteiger partial charge in [0.05, 0.1) is 12.8 Å². The lowest BCUT2D eigenvalue weighted by Gasteiger charge is -2.13. The van der Waals surface area contributed by atoms with Crippen molar-refractivity contribution < 1.29 is 28.3 Å². The van der Waals surface area contributed by atoms with Crippen molar-refractivity contribution in [3.63, 3.8) is 0 Å². The zero-order valence-electron chi connectivity index (χ0n) is 20.4. The quantitative estimate of drug-likeness (QED) is 0.293. The molecule has 3 aromatic carbocycles. The van der Waals surface area contributed by atoms with Gasteiger partial charge in [-0.2, -0.15) is 0 Å². The maximum Gasteiger partial charge on any atom is 0.278 e. The molecule has 2 N–H and O–H groups in total. The highest BCUT2D eigenvalue weighted by Crippen LogP contribution is 2.37. The monoisotopic (exact) mass is 539 g/mol. The summed E-state index contributed by atoms with van der Waals surface area (Å²) in [6, 6.07) is 24.6. The van der Waals surface area contributed by atoms with E-state index in [4.69, 9.17) is 13.9 Å². The summed E-state index contributed by atoms with van der Waals surface area (Å²) in [5.74, 6) is 0.397. The van der Waals surface area contributed by atoms with Gasteiger partial charge in [-0.3, -0.25) is 19.3 Å². The molecule has 0 aliphatic carbocycles. The van der Waals surface area contributed by atoms with E-state index in [1.807, 2.05) is 30.3 Å². The van der Waals surface area contributed by atoms with Gasteiger partial charge in [0, 0.05) is 21.8 Å². The Balaban J connectivity index is 1.24. The van der Waals surface area contributed by atoms with Crippen LogP contribution in [0.4, 0.5) is 11.4 Å². The van der Waals surface area contributed by atoms with E-state index in [0.717, 1.165) is 16.7 Å². The molecule has 10 heteroatoms. The number of imide groups is 1. The fraction of sp³-hybridized carbons (Fsp3) is 0.0690. The number of nitrogens with one attached hydrogen (secondary N) is 2. The summed E-state index contributed by atoms with van der Waals surface area (Å²) in [6.07, 6.45) is 1.50. The molecule has 4 aromatic rings. The lowest BCUT2D eigenvalue weighted by atomic mass is 10.2. The standard InChI is InChI=1S/C29H21N3O6S/c33-27(18-11-12-23-24(14-18)38-17-37-23)31-20-8-4-10-22(15-20)39-26-25(30-19-6-2-1-3-7-19)28(34)32(29(26)35)16-21-9-5-13-36-21/h1-15,30H,16-17H2,(H,31,33). The Bertz CT molecular complexity index is 1600. The van der Waals surface area contributed by atoms with Crippen molar-refractivity contribution in [2.45, 2.75) is 11.4 Å². The van der Waals surface area contributed by atoms with Gasteiger partial charge in [0.15, 0.2) is 11.5 Å². The Morgan fingerprint density at radius 1 is 0.846 bits per heavy atom. The van der Waals surface area contributed by atoms with E-state index < -0.39 is 11.8 Å². The summed E-state index contributed by atoms with van der Waals surface area (Å²) in [4.78, 5) is 41.7. The van der Waals surface area contributed by atoms with Crippen LogP contribution in [0.2, 0.25) is 0 Å². The lowest BCUT2D eigenvalue weighted by molar-refractivity contribution is -0.138. The lowest BCUT2D eigenvalue weighted by Crippen LogP contribution is -2.31. The van der Waals surface area contributed by atoms with E-state index in [9.17, 15) is 14.4 Å². The first kappa shape index (κ1) is 24.4. The first-order chi connectivity index (χ1) is 19.0. The van der Waals surface area contributed by atoms with Crippen LogP contribution in [0.1, 0.15) is 16.1 Å². The summed E-state index contributed by atoms with van der Waals surface area (Å²) in [5.41, 5.74) is 1.80. The molecule has 6 rings (SSSR count). The molecule has 3 heterocycles. The third kappa shape index (κ3) is 5.10. The molecule has 3 amide bonds. The number of fused-ring (bicyclic) bond motifs is 1. The van der Waals surface area contributed by atoms with Crippen molar-refractivity contribution in [2.24, 2.45) is 0 Å². The Kier molecular flexibility index (Phi) is 6.52. The Morgan fingerprint density at radius 3 is 2.49 bits per heavy atom. The molecule has 2 aliphatic heterocycles. The van der Waals surface area contributed by atoms with E-state index in [1.165, 1.54) is 6.26 Å². The van der Waals surface area contributed by atoms with Gasteiger partial charge in [0.25, 0.3) is 17.7 Å². The van der Waals surface area contributed by atoms with E-state index in [-0.39, 0.29) is 29.8 Å². The number of carbonyl (C=O) groups is 3. The van der Waals surface area contributed by atoms with Gasteiger partial charge in [0.2, 0.25) is 6.79 Å². The van der Waals surface area contributed by atoms with Crippen LogP contribution in [0, 0.1) is 0 Å². The molecule has 194 valence electrons. The molecular formula is C29H21N3O6S. The number of carbonyl (C=O) groups excluding carboxylic acids is 3. The van der Waals surface area contributed by atoms with Crippen LogP contribution in [0.3, 0.4) is 0 Å². The second-order valence-corrected chi connectivity index (χ2v) is 9.71. The minimum absolute atomic E-state index is 0.0142. The number of para-hydroxylation sites is 1. The number of hydrogen-bond donors (Lipinski definition) is 2. The molecule has 0 saturated carbocycles. The third-order valence-corrected chi connectivity index (χ3v) is 7.08. The number of benzene rings is 3. The molecule has 0 radical (unpaired) electrons. The number of nitrogens with zero attached hydrogens (tertiary/aromatic N) is 1. The number of amides is 3. The van der Waals surface area contributed by atoms with Gasteiger partial charge in [-0.05, 0) is 60.7 Å². The maximum absolute atomic E-state index is 13.4. The molecule has 2 aliphatic rings. The summed E-state index contributed by atoms with van der Waals surface area (Å²) in [5, 5.41) is 5.98. The number of thioether (sulfide) groups is 1. The van der Waals surface area contributed by atoms with Gasteiger partial charge in [-0.15, -0.1) is 0 Å². The van der Waals surface area contributed by atoms with Crippen LogP contribution in [0.5, 0.6) is 11.5 Å². The van der Waals surface area contributed by atoms with Crippen molar-refractivity contribution in [3.05, 3.63) is 113 Å². The summed E-state index contributed by atoms with van der Waals surface area (Å²) in [6.45, 7) is 0.136. The summed E-state index contributed by atoms with van der Waals surface area (Å²) < 4.78 is 16.0. The van der Waals surface area contributed by atoms with Crippen molar-refractivity contribution in [1.29, 1.82) is 0 Å². The van der Waals surface area contributed by atoms with Crippen LogP contribution in [0.25, 0.3) is 0 Å². The number of hydrogen-bond acceptors (Lipinski definition) is 8. The van der Waals surface area contributed by atoms with Crippen LogP contribution in [0.15, 0.2) is 111 Å². The Labute approximate surface area is 227 Å². The Morgan fingerprint density at radius 2 is 1.67 bits per heavy atom. The van der Waals surface area contributed by atoms with Gasteiger partial charge in [0.1, 0.15) is 16.4 Å². The third-order valence-electron chi connectivity index (χ3n) is 6.01. The van der Waals surface area contributed by atoms with E-state index in [2.05, 4.69) is 10.6 Å². The number of ether oxygens (including phenoxy) is 2. The van der Waals surface area contributed by atoms with Crippen molar-refractivity contribution in [1.82, 2.24) is 4.90 Å². The highest BCUT2D eigenvalue weighted by molar-refractivity contribution is 8.04. The van der Waals surface area contributed by atoms with Gasteiger partial charge in [-0.1, -0.05) is 36.0 Å². The van der Waals surface area contributed by atoms with Crippen LogP contribution >= 0.6 is 11.8 Å². The zero-order valence-corrected chi connectivity index (χ0v) is 21.2. The zero-order chi connectivity index (χ0) is 26.8. The average molecular weight is 540 g/mol. The Hall–Kier alpha value is -4.96. The minimum Gasteiger partial charge on any atom is -0.467 e. The first-order valence-corrected chi connectivity index (χ1v) is 12.8. The predicted octanol–water partition coefficient (Wildman–Crippen LogP) is 5.25. The van der Waals surface area contributed by atoms with Crippen molar-refractivity contribution in [3.8, 4) is 11.5 Å². The molecule has 0 unspecified atom stereocenters. The number of anilines is 2. The minimum atomic E-state index is -0.449. The fourth-order valence-corrected chi connectivity index (χ4v) is 5.13. The van der Waals surface area contributed by atoms with Gasteiger partial charge < -0.3 is 24.5 Å². The van der Waals surface area contributed by atoms with Crippen LogP contribution in [-0.2, 0) is 16.1 Å². The fourth-order valence-electron chi connectivity index (χ4n) is 4.12. The van der Waals surface area contributed by atoms with Crippen LogP contribution in [-0.4, -0.2) is 29.4 Å². The summed E-state index contributed by atoms with van der Waals surface area (Å²) >= 11 is 1.15. The molecule has 0 bridgehead atoms. The number of furan rings is 1. The highest BCUT2D eigenvalue weighted by Gasteiger charge is 2.39. The summed E-state index contributed by atoms with van der Waals surface area (Å²) in [7, 11) is 0. The number of rotatable bonds is 8. The predicted molar refractivity (Wildman–Crippen MR) is 144 cm³/mol. The topological polar surface area (TPSA) is 110 Å². The highest BCUT2D eigenvalue weighted by atomic mass is 32.2. The second kappa shape index (κ2) is 10.4. The molecule has 39 heavy (non-hydrogen) atoms. The van der Waals surface area contributed by atoms with Gasteiger partial charge >= 0.3 is 0 Å².